The molecule has 1 aliphatic heterocycles. The van der Waals surface area contributed by atoms with Crippen molar-refractivity contribution in [3.05, 3.63) is 45.9 Å². The number of thioether (sulfide) groups is 1. The van der Waals surface area contributed by atoms with Gasteiger partial charge in [0.2, 0.25) is 11.0 Å². The summed E-state index contributed by atoms with van der Waals surface area (Å²) >= 11 is 8.79. The number of carbonyl (C=O) groups is 1. The van der Waals surface area contributed by atoms with Crippen molar-refractivity contribution in [1.29, 1.82) is 0 Å². The molecule has 1 aromatic carbocycles. The van der Waals surface area contributed by atoms with Gasteiger partial charge in [0.25, 0.3) is 0 Å². The zero-order valence-electron chi connectivity index (χ0n) is 10.3. The molecule has 0 spiro atoms. The van der Waals surface area contributed by atoms with Gasteiger partial charge >= 0.3 is 0 Å². The SMILES string of the molecule is O=C1CS/C(=N/c2ncc(Cc3ccc(Cl)cc3)s2)N1. The van der Waals surface area contributed by atoms with Crippen LogP contribution in [0.25, 0.3) is 0 Å². The van der Waals surface area contributed by atoms with Crippen LogP contribution in [0, 0.1) is 0 Å². The number of nitrogens with zero attached hydrogens (tertiary/aromatic N) is 2. The molecular weight excluding hydrogens is 314 g/mol. The number of nitrogens with one attached hydrogen (secondary N) is 1. The number of thiazole rings is 1. The Kier molecular flexibility index (Phi) is 4.05. The van der Waals surface area contributed by atoms with Crippen molar-refractivity contribution in [1.82, 2.24) is 10.3 Å². The van der Waals surface area contributed by atoms with E-state index in [-0.39, 0.29) is 5.91 Å². The Balaban J connectivity index is 1.70. The van der Waals surface area contributed by atoms with Crippen LogP contribution in [0.4, 0.5) is 5.13 Å². The van der Waals surface area contributed by atoms with Crippen molar-refractivity contribution in [3.8, 4) is 0 Å². The van der Waals surface area contributed by atoms with E-state index in [2.05, 4.69) is 15.3 Å². The van der Waals surface area contributed by atoms with Crippen LogP contribution in [0.1, 0.15) is 10.4 Å². The molecule has 1 amide bonds. The molecule has 1 aromatic heterocycles. The third-order valence-corrected chi connectivity index (χ3v) is 4.63. The molecule has 0 radical (unpaired) electrons. The van der Waals surface area contributed by atoms with E-state index in [0.717, 1.165) is 16.3 Å². The number of halogens is 1. The molecule has 1 aliphatic rings. The van der Waals surface area contributed by atoms with Crippen LogP contribution in [0.15, 0.2) is 35.5 Å². The van der Waals surface area contributed by atoms with Gasteiger partial charge in [0, 0.05) is 22.5 Å². The first-order valence-corrected chi connectivity index (χ1v) is 8.07. The second kappa shape index (κ2) is 5.95. The number of amidine groups is 1. The lowest BCUT2D eigenvalue weighted by Gasteiger charge is -1.97. The Hall–Kier alpha value is -1.37. The largest absolute Gasteiger partial charge is 0.304 e. The summed E-state index contributed by atoms with van der Waals surface area (Å²) in [5.74, 6) is 0.425. The summed E-state index contributed by atoms with van der Waals surface area (Å²) in [6.07, 6.45) is 2.62. The lowest BCUT2D eigenvalue weighted by molar-refractivity contribution is -0.116. The minimum atomic E-state index is -0.00769. The number of aromatic nitrogens is 1. The highest BCUT2D eigenvalue weighted by Gasteiger charge is 2.17. The molecule has 0 atom stereocenters. The molecule has 20 heavy (non-hydrogen) atoms. The minimum absolute atomic E-state index is 0.00769. The smallest absolute Gasteiger partial charge is 0.236 e. The number of hydrogen-bond donors (Lipinski definition) is 1. The van der Waals surface area contributed by atoms with Gasteiger partial charge in [0.15, 0.2) is 5.17 Å². The lowest BCUT2D eigenvalue weighted by atomic mass is 10.1. The second-order valence-electron chi connectivity index (χ2n) is 4.17. The fraction of sp³-hybridized carbons (Fsp3) is 0.154. The minimum Gasteiger partial charge on any atom is -0.304 e. The predicted molar refractivity (Wildman–Crippen MR) is 84.1 cm³/mol. The molecule has 3 rings (SSSR count). The zero-order chi connectivity index (χ0) is 13.9. The fourth-order valence-electron chi connectivity index (χ4n) is 1.71. The lowest BCUT2D eigenvalue weighted by Crippen LogP contribution is -2.19. The summed E-state index contributed by atoms with van der Waals surface area (Å²) in [7, 11) is 0. The number of carbonyl (C=O) groups excluding carboxylic acids is 1. The van der Waals surface area contributed by atoms with Gasteiger partial charge in [0.05, 0.1) is 5.75 Å². The average Bonchev–Trinajstić information content (AvgIpc) is 3.02. The number of rotatable bonds is 3. The van der Waals surface area contributed by atoms with Gasteiger partial charge in [-0.2, -0.15) is 4.99 Å². The van der Waals surface area contributed by atoms with E-state index in [4.69, 9.17) is 11.6 Å². The standard InChI is InChI=1S/C13H10ClN3OS2/c14-9-3-1-8(2-4-9)5-10-6-15-12(20-10)17-13-16-11(18)7-19-13/h1-4,6H,5,7H2,(H,15,16,17,18). The van der Waals surface area contributed by atoms with Gasteiger partial charge in [-0.1, -0.05) is 46.8 Å². The highest BCUT2D eigenvalue weighted by atomic mass is 35.5. The monoisotopic (exact) mass is 323 g/mol. The van der Waals surface area contributed by atoms with Crippen LogP contribution in [-0.2, 0) is 11.2 Å². The third-order valence-electron chi connectivity index (χ3n) is 2.62. The Morgan fingerprint density at radius 1 is 1.35 bits per heavy atom. The second-order valence-corrected chi connectivity index (χ2v) is 6.66. The normalized spacial score (nSPS) is 16.6. The van der Waals surface area contributed by atoms with Crippen molar-refractivity contribution in [2.45, 2.75) is 6.42 Å². The van der Waals surface area contributed by atoms with E-state index in [0.29, 0.717) is 16.1 Å². The van der Waals surface area contributed by atoms with Gasteiger partial charge in [0.1, 0.15) is 0 Å². The van der Waals surface area contributed by atoms with Crippen LogP contribution >= 0.6 is 34.7 Å². The van der Waals surface area contributed by atoms with E-state index >= 15 is 0 Å². The molecule has 0 bridgehead atoms. The molecule has 0 unspecified atom stereocenters. The highest BCUT2D eigenvalue weighted by molar-refractivity contribution is 8.15. The first kappa shape index (κ1) is 13.6. The summed E-state index contributed by atoms with van der Waals surface area (Å²) in [4.78, 5) is 20.8. The molecule has 0 aliphatic carbocycles. The first-order valence-electron chi connectivity index (χ1n) is 5.89. The van der Waals surface area contributed by atoms with Crippen molar-refractivity contribution in [2.75, 3.05) is 5.75 Å². The van der Waals surface area contributed by atoms with Gasteiger partial charge in [-0.05, 0) is 17.7 Å². The van der Waals surface area contributed by atoms with Crippen molar-refractivity contribution < 1.29 is 4.79 Å². The zero-order valence-corrected chi connectivity index (χ0v) is 12.7. The van der Waals surface area contributed by atoms with Gasteiger partial charge in [-0.15, -0.1) is 0 Å². The fourth-order valence-corrected chi connectivity index (χ4v) is 3.39. The quantitative estimate of drug-likeness (QED) is 0.943. The summed E-state index contributed by atoms with van der Waals surface area (Å²) < 4.78 is 0. The Morgan fingerprint density at radius 2 is 2.15 bits per heavy atom. The van der Waals surface area contributed by atoms with Crippen LogP contribution in [0.3, 0.4) is 0 Å². The number of aliphatic imine (C=N–C) groups is 1. The van der Waals surface area contributed by atoms with Crippen LogP contribution in [0.5, 0.6) is 0 Å². The Bertz CT molecular complexity index is 667. The van der Waals surface area contributed by atoms with E-state index in [9.17, 15) is 4.79 Å². The van der Waals surface area contributed by atoms with E-state index in [1.54, 1.807) is 0 Å². The van der Waals surface area contributed by atoms with E-state index < -0.39 is 0 Å². The van der Waals surface area contributed by atoms with E-state index in [1.165, 1.54) is 28.7 Å². The molecule has 2 heterocycles. The summed E-state index contributed by atoms with van der Waals surface area (Å²) in [5.41, 5.74) is 1.18. The van der Waals surface area contributed by atoms with Crippen LogP contribution in [-0.4, -0.2) is 21.8 Å². The number of amides is 1. The average molecular weight is 324 g/mol. The highest BCUT2D eigenvalue weighted by Crippen LogP contribution is 2.25. The maximum Gasteiger partial charge on any atom is 0.236 e. The van der Waals surface area contributed by atoms with Crippen LogP contribution in [0.2, 0.25) is 5.02 Å². The topological polar surface area (TPSA) is 54.4 Å². The van der Waals surface area contributed by atoms with Gasteiger partial charge in [-0.25, -0.2) is 4.98 Å². The van der Waals surface area contributed by atoms with Crippen molar-refractivity contribution >= 4 is 50.9 Å². The third kappa shape index (κ3) is 3.39. The van der Waals surface area contributed by atoms with Crippen LogP contribution < -0.4 is 5.32 Å². The molecule has 2 aromatic rings. The van der Waals surface area contributed by atoms with Crippen molar-refractivity contribution in [2.24, 2.45) is 4.99 Å². The molecule has 102 valence electrons. The molecule has 0 saturated carbocycles. The summed E-state index contributed by atoms with van der Waals surface area (Å²) in [6, 6.07) is 7.76. The predicted octanol–water partition coefficient (Wildman–Crippen LogP) is 3.24. The van der Waals surface area contributed by atoms with Gasteiger partial charge in [-0.3, -0.25) is 4.79 Å². The molecular formula is C13H10ClN3OS2. The first-order chi connectivity index (χ1) is 9.69. The van der Waals surface area contributed by atoms with Gasteiger partial charge < -0.3 is 5.32 Å². The maximum atomic E-state index is 11.1. The summed E-state index contributed by atoms with van der Waals surface area (Å²) in [5, 5.41) is 4.72. The van der Waals surface area contributed by atoms with Crippen molar-refractivity contribution in [3.63, 3.8) is 0 Å². The Labute approximate surface area is 129 Å². The van der Waals surface area contributed by atoms with E-state index in [1.807, 2.05) is 30.5 Å². The molecule has 1 N–H and O–H groups in total. The summed E-state index contributed by atoms with van der Waals surface area (Å²) in [6.45, 7) is 0. The number of hydrogen-bond acceptors (Lipinski definition) is 5. The molecule has 1 fully saturated rings. The molecule has 1 saturated heterocycles. The number of benzene rings is 1. The molecule has 4 nitrogen and oxygen atoms in total. The Morgan fingerprint density at radius 3 is 2.85 bits per heavy atom. The molecule has 7 heteroatoms. The maximum absolute atomic E-state index is 11.1.